The van der Waals surface area contributed by atoms with Crippen LogP contribution < -0.4 is 5.32 Å². The maximum Gasteiger partial charge on any atom is 0.243 e. The maximum atomic E-state index is 11.9. The first-order valence-corrected chi connectivity index (χ1v) is 7.30. The molecule has 5 nitrogen and oxygen atoms in total. The summed E-state index contributed by atoms with van der Waals surface area (Å²) < 4.78 is 1.18. The SMILES string of the molecule is CC1=NN(CC(=O)NC2C=CC(I)=CC2)C(=O)CC1. The number of hydrogen-bond donors (Lipinski definition) is 1. The molecule has 0 bridgehead atoms. The second-order valence-corrected chi connectivity index (χ2v) is 5.89. The summed E-state index contributed by atoms with van der Waals surface area (Å²) in [6.07, 6.45) is 7.92. The predicted octanol–water partition coefficient (Wildman–Crippen LogP) is 1.75. The molecule has 6 heteroatoms. The second-order valence-electron chi connectivity index (χ2n) is 4.64. The monoisotopic (exact) mass is 373 g/mol. The third-order valence-electron chi connectivity index (χ3n) is 2.97. The van der Waals surface area contributed by atoms with E-state index in [0.29, 0.717) is 12.8 Å². The van der Waals surface area contributed by atoms with Gasteiger partial charge in [-0.25, -0.2) is 5.01 Å². The quantitative estimate of drug-likeness (QED) is 0.767. The molecule has 0 saturated carbocycles. The van der Waals surface area contributed by atoms with Crippen molar-refractivity contribution in [1.29, 1.82) is 0 Å². The van der Waals surface area contributed by atoms with Crippen molar-refractivity contribution < 1.29 is 9.59 Å². The van der Waals surface area contributed by atoms with Gasteiger partial charge >= 0.3 is 0 Å². The highest BCUT2D eigenvalue weighted by molar-refractivity contribution is 14.1. The smallest absolute Gasteiger partial charge is 0.243 e. The van der Waals surface area contributed by atoms with Crippen molar-refractivity contribution in [3.05, 3.63) is 21.8 Å². The third-order valence-corrected chi connectivity index (χ3v) is 3.77. The molecule has 102 valence electrons. The highest BCUT2D eigenvalue weighted by atomic mass is 127. The Morgan fingerprint density at radius 2 is 2.37 bits per heavy atom. The van der Waals surface area contributed by atoms with E-state index in [4.69, 9.17) is 0 Å². The molecule has 1 aliphatic carbocycles. The Kier molecular flexibility index (Phi) is 4.73. The summed E-state index contributed by atoms with van der Waals surface area (Å²) in [5, 5.41) is 8.27. The molecule has 0 fully saturated rings. The number of carbonyl (C=O) groups is 2. The molecular formula is C13H16IN3O2. The van der Waals surface area contributed by atoms with E-state index in [0.717, 1.165) is 12.1 Å². The van der Waals surface area contributed by atoms with Crippen molar-refractivity contribution in [2.75, 3.05) is 6.54 Å². The Bertz CT molecular complexity index is 482. The fourth-order valence-electron chi connectivity index (χ4n) is 1.94. The normalized spacial score (nSPS) is 22.9. The van der Waals surface area contributed by atoms with E-state index in [1.54, 1.807) is 0 Å². The van der Waals surface area contributed by atoms with Gasteiger partial charge in [0, 0.05) is 15.7 Å². The van der Waals surface area contributed by atoms with E-state index >= 15 is 0 Å². The molecule has 19 heavy (non-hydrogen) atoms. The van der Waals surface area contributed by atoms with Gasteiger partial charge in [0.2, 0.25) is 11.8 Å². The van der Waals surface area contributed by atoms with Gasteiger partial charge in [0.1, 0.15) is 6.54 Å². The Morgan fingerprint density at radius 3 is 3.05 bits per heavy atom. The average Bonchev–Trinajstić information content (AvgIpc) is 2.37. The minimum atomic E-state index is -0.174. The summed E-state index contributed by atoms with van der Waals surface area (Å²) in [6, 6.07) is 0.0102. The van der Waals surface area contributed by atoms with Crippen LogP contribution in [0.1, 0.15) is 26.2 Å². The van der Waals surface area contributed by atoms with Crippen molar-refractivity contribution in [2.24, 2.45) is 5.10 Å². The van der Waals surface area contributed by atoms with Crippen LogP contribution in [-0.4, -0.2) is 35.1 Å². The van der Waals surface area contributed by atoms with Gasteiger partial charge in [-0.2, -0.15) is 5.10 Å². The Morgan fingerprint density at radius 1 is 1.58 bits per heavy atom. The van der Waals surface area contributed by atoms with Gasteiger partial charge in [0.15, 0.2) is 0 Å². The molecular weight excluding hydrogens is 357 g/mol. The molecule has 2 rings (SSSR count). The molecule has 1 unspecified atom stereocenters. The van der Waals surface area contributed by atoms with Crippen LogP contribution in [0.5, 0.6) is 0 Å². The van der Waals surface area contributed by atoms with Crippen LogP contribution >= 0.6 is 22.6 Å². The largest absolute Gasteiger partial charge is 0.348 e. The van der Waals surface area contributed by atoms with E-state index in [1.807, 2.05) is 19.1 Å². The van der Waals surface area contributed by atoms with Gasteiger partial charge in [0.05, 0.1) is 6.04 Å². The average molecular weight is 373 g/mol. The lowest BCUT2D eigenvalue weighted by Gasteiger charge is -2.23. The van der Waals surface area contributed by atoms with Gasteiger partial charge in [-0.3, -0.25) is 9.59 Å². The van der Waals surface area contributed by atoms with Gasteiger partial charge in [-0.05, 0) is 42.4 Å². The lowest BCUT2D eigenvalue weighted by molar-refractivity contribution is -0.136. The van der Waals surface area contributed by atoms with Gasteiger partial charge in [0.25, 0.3) is 0 Å². The number of allylic oxidation sites excluding steroid dienone is 2. The minimum Gasteiger partial charge on any atom is -0.348 e. The van der Waals surface area contributed by atoms with E-state index in [1.165, 1.54) is 8.59 Å². The summed E-state index contributed by atoms with van der Waals surface area (Å²) in [4.78, 5) is 23.5. The van der Waals surface area contributed by atoms with Crippen molar-refractivity contribution in [2.45, 2.75) is 32.2 Å². The lowest BCUT2D eigenvalue weighted by atomic mass is 10.1. The van der Waals surface area contributed by atoms with Gasteiger partial charge < -0.3 is 5.32 Å². The Hall–Kier alpha value is -1.18. The molecule has 1 N–H and O–H groups in total. The van der Waals surface area contributed by atoms with Crippen LogP contribution in [0.25, 0.3) is 0 Å². The van der Waals surface area contributed by atoms with Crippen LogP contribution in [-0.2, 0) is 9.59 Å². The minimum absolute atomic E-state index is 0.00131. The van der Waals surface area contributed by atoms with Crippen molar-refractivity contribution in [1.82, 2.24) is 10.3 Å². The third kappa shape index (κ3) is 4.15. The number of amides is 2. The number of nitrogens with zero attached hydrogens (tertiary/aromatic N) is 2. The van der Waals surface area contributed by atoms with E-state index < -0.39 is 0 Å². The van der Waals surface area contributed by atoms with Crippen molar-refractivity contribution in [3.8, 4) is 0 Å². The number of rotatable bonds is 3. The summed E-state index contributed by atoms with van der Waals surface area (Å²) in [5.41, 5.74) is 0.891. The molecule has 1 aliphatic heterocycles. The fraction of sp³-hybridized carbons (Fsp3) is 0.462. The first-order valence-electron chi connectivity index (χ1n) is 6.22. The number of nitrogens with one attached hydrogen (secondary N) is 1. The van der Waals surface area contributed by atoms with Crippen LogP contribution in [0.3, 0.4) is 0 Å². The van der Waals surface area contributed by atoms with Crippen LogP contribution in [0.4, 0.5) is 0 Å². The second kappa shape index (κ2) is 6.31. The zero-order chi connectivity index (χ0) is 13.8. The molecule has 0 saturated heterocycles. The molecule has 2 aliphatic rings. The predicted molar refractivity (Wildman–Crippen MR) is 81.8 cm³/mol. The van der Waals surface area contributed by atoms with Crippen molar-refractivity contribution in [3.63, 3.8) is 0 Å². The highest BCUT2D eigenvalue weighted by Crippen LogP contribution is 2.16. The zero-order valence-corrected chi connectivity index (χ0v) is 12.9. The molecule has 0 aromatic rings. The lowest BCUT2D eigenvalue weighted by Crippen LogP contribution is -2.43. The standard InChI is InChI=1S/C13H16IN3O2/c1-9-2-7-13(19)17(16-9)8-12(18)15-11-5-3-10(14)4-6-11/h3-5,11H,2,6-8H2,1H3,(H,15,18). The highest BCUT2D eigenvalue weighted by Gasteiger charge is 2.21. The summed E-state index contributed by atoms with van der Waals surface area (Å²) in [7, 11) is 0. The number of hydrogen-bond acceptors (Lipinski definition) is 3. The number of hydrazone groups is 1. The molecule has 0 spiro atoms. The van der Waals surface area contributed by atoms with Crippen LogP contribution in [0.2, 0.25) is 0 Å². The summed E-state index contributed by atoms with van der Waals surface area (Å²) in [5.74, 6) is -0.263. The molecule has 0 aromatic carbocycles. The zero-order valence-electron chi connectivity index (χ0n) is 10.7. The fourth-order valence-corrected chi connectivity index (χ4v) is 2.40. The van der Waals surface area contributed by atoms with Gasteiger partial charge in [-0.1, -0.05) is 18.2 Å². The molecule has 0 radical (unpaired) electrons. The number of carbonyl (C=O) groups excluding carboxylic acids is 2. The van der Waals surface area contributed by atoms with Crippen LogP contribution in [0, 0.1) is 0 Å². The van der Waals surface area contributed by atoms with E-state index in [-0.39, 0.29) is 24.4 Å². The topological polar surface area (TPSA) is 61.8 Å². The Balaban J connectivity index is 1.86. The summed E-state index contributed by atoms with van der Waals surface area (Å²) >= 11 is 2.24. The van der Waals surface area contributed by atoms with E-state index in [9.17, 15) is 9.59 Å². The van der Waals surface area contributed by atoms with E-state index in [2.05, 4.69) is 39.1 Å². The first-order chi connectivity index (χ1) is 9.04. The van der Waals surface area contributed by atoms with Crippen LogP contribution in [0.15, 0.2) is 26.9 Å². The first kappa shape index (κ1) is 14.2. The molecule has 1 atom stereocenters. The summed E-state index contributed by atoms with van der Waals surface area (Å²) in [6.45, 7) is 1.87. The molecule has 1 heterocycles. The van der Waals surface area contributed by atoms with Gasteiger partial charge in [-0.15, -0.1) is 0 Å². The molecule has 2 amide bonds. The maximum absolute atomic E-state index is 11.9. The molecule has 0 aromatic heterocycles. The number of halogens is 1. The van der Waals surface area contributed by atoms with Crippen molar-refractivity contribution >= 4 is 40.1 Å². The Labute approximate surface area is 125 Å².